The third kappa shape index (κ3) is 2.76. The van der Waals surface area contributed by atoms with Crippen molar-refractivity contribution >= 4 is 32.3 Å². The minimum Gasteiger partial charge on any atom is -0.504 e. The van der Waals surface area contributed by atoms with Crippen LogP contribution in [0.25, 0.3) is 32.1 Å². The van der Waals surface area contributed by atoms with E-state index in [-0.39, 0.29) is 17.1 Å². The number of nitrogens with zero attached hydrogens (tertiary/aromatic N) is 2. The molecule has 4 rings (SSSR count). The third-order valence-electron chi connectivity index (χ3n) is 5.06. The first-order valence-electron chi connectivity index (χ1n) is 8.52. The zero-order chi connectivity index (χ0) is 19.3. The molecule has 1 unspecified atom stereocenters. The molecule has 0 saturated carbocycles. The molecule has 0 saturated heterocycles. The van der Waals surface area contributed by atoms with E-state index in [1.54, 1.807) is 0 Å². The van der Waals surface area contributed by atoms with Crippen LogP contribution in [0.1, 0.15) is 18.5 Å². The Morgan fingerprint density at radius 1 is 1.07 bits per heavy atom. The van der Waals surface area contributed by atoms with Gasteiger partial charge in [-0.25, -0.2) is 4.39 Å². The maximum Gasteiger partial charge on any atom is 0.203 e. The van der Waals surface area contributed by atoms with Crippen LogP contribution in [0.4, 0.5) is 8.78 Å². The van der Waals surface area contributed by atoms with E-state index < -0.39 is 17.4 Å². The van der Waals surface area contributed by atoms with E-state index in [2.05, 4.69) is 16.8 Å². The van der Waals surface area contributed by atoms with Crippen molar-refractivity contribution in [3.63, 3.8) is 0 Å². The monoisotopic (exact) mass is 384 g/mol. The maximum atomic E-state index is 14.4. The van der Waals surface area contributed by atoms with E-state index in [4.69, 9.17) is 0 Å². The normalized spacial score (nSPS) is 13.0. The lowest BCUT2D eigenvalue weighted by Crippen LogP contribution is -2.16. The summed E-state index contributed by atoms with van der Waals surface area (Å²) in [5.41, 5.74) is 1.90. The van der Waals surface area contributed by atoms with Crippen LogP contribution in [0.15, 0.2) is 41.9 Å². The van der Waals surface area contributed by atoms with E-state index in [0.717, 1.165) is 15.6 Å². The second-order valence-electron chi connectivity index (χ2n) is 6.79. The van der Waals surface area contributed by atoms with Crippen molar-refractivity contribution in [3.05, 3.63) is 59.1 Å². The molecule has 6 heteroatoms. The first kappa shape index (κ1) is 17.8. The van der Waals surface area contributed by atoms with Crippen molar-refractivity contribution < 1.29 is 13.9 Å². The Labute approximate surface area is 159 Å². The third-order valence-corrected chi connectivity index (χ3v) is 5.92. The number of fused-ring (bicyclic) bond motifs is 3. The molecule has 1 atom stereocenters. The average molecular weight is 384 g/mol. The molecule has 2 aromatic heterocycles. The topological polar surface area (TPSA) is 36.4 Å². The summed E-state index contributed by atoms with van der Waals surface area (Å²) >= 11 is 1.47. The SMILES string of the molecule is CC(c1ccc(-c2c(O)c(F)c(F)c3ncc4sccc4c23)cc1)N(C)C. The zero-order valence-corrected chi connectivity index (χ0v) is 15.9. The summed E-state index contributed by atoms with van der Waals surface area (Å²) in [6, 6.07) is 9.58. The largest absolute Gasteiger partial charge is 0.504 e. The molecule has 0 radical (unpaired) electrons. The van der Waals surface area contributed by atoms with Crippen LogP contribution in [-0.2, 0) is 0 Å². The molecule has 138 valence electrons. The van der Waals surface area contributed by atoms with Gasteiger partial charge in [0.05, 0.1) is 4.70 Å². The standard InChI is InChI=1S/C21H18F2N2OS/c1-11(25(2)3)12-4-6-13(7-5-12)16-17-14-8-9-27-15(14)10-24-20(17)18(22)19(23)21(16)26/h4-11,26H,1-3H3. The minimum absolute atomic E-state index is 0.0723. The Balaban J connectivity index is 2.02. The summed E-state index contributed by atoms with van der Waals surface area (Å²) in [6.07, 6.45) is 1.54. The molecule has 0 amide bonds. The molecule has 0 bridgehead atoms. The predicted molar refractivity (Wildman–Crippen MR) is 106 cm³/mol. The summed E-state index contributed by atoms with van der Waals surface area (Å²) < 4.78 is 29.7. The number of thiophene rings is 1. The number of benzene rings is 2. The number of rotatable bonds is 3. The number of aromatic nitrogens is 1. The predicted octanol–water partition coefficient (Wildman–Crippen LogP) is 5.72. The first-order chi connectivity index (χ1) is 12.9. The molecular formula is C21H18F2N2OS. The van der Waals surface area contributed by atoms with E-state index >= 15 is 0 Å². The Morgan fingerprint density at radius 3 is 2.44 bits per heavy atom. The molecule has 27 heavy (non-hydrogen) atoms. The molecule has 0 aliphatic rings. The van der Waals surface area contributed by atoms with Crippen molar-refractivity contribution in [2.24, 2.45) is 0 Å². The Bertz CT molecular complexity index is 1150. The smallest absolute Gasteiger partial charge is 0.203 e. The van der Waals surface area contributed by atoms with Gasteiger partial charge in [0.25, 0.3) is 0 Å². The molecule has 2 heterocycles. The fourth-order valence-corrected chi connectivity index (χ4v) is 4.07. The maximum absolute atomic E-state index is 14.4. The highest BCUT2D eigenvalue weighted by Gasteiger charge is 2.23. The molecule has 2 aromatic carbocycles. The second-order valence-corrected chi connectivity index (χ2v) is 7.74. The second kappa shape index (κ2) is 6.55. The van der Waals surface area contributed by atoms with Crippen LogP contribution in [-0.4, -0.2) is 29.1 Å². The van der Waals surface area contributed by atoms with Crippen LogP contribution < -0.4 is 0 Å². The Morgan fingerprint density at radius 2 is 1.78 bits per heavy atom. The molecule has 3 nitrogen and oxygen atoms in total. The average Bonchev–Trinajstić information content (AvgIpc) is 3.15. The number of phenolic OH excluding ortho intramolecular Hbond substituents is 1. The van der Waals surface area contributed by atoms with Gasteiger partial charge in [0.2, 0.25) is 5.82 Å². The van der Waals surface area contributed by atoms with Crippen molar-refractivity contribution in [3.8, 4) is 16.9 Å². The summed E-state index contributed by atoms with van der Waals surface area (Å²) in [4.78, 5) is 6.20. The Kier molecular flexibility index (Phi) is 4.32. The van der Waals surface area contributed by atoms with Crippen LogP contribution in [0.3, 0.4) is 0 Å². The molecule has 0 fully saturated rings. The number of phenols is 1. The molecule has 1 N–H and O–H groups in total. The van der Waals surface area contributed by atoms with Crippen LogP contribution in [0.2, 0.25) is 0 Å². The van der Waals surface area contributed by atoms with E-state index in [9.17, 15) is 13.9 Å². The van der Waals surface area contributed by atoms with Gasteiger partial charge in [0.15, 0.2) is 11.6 Å². The van der Waals surface area contributed by atoms with Gasteiger partial charge < -0.3 is 10.0 Å². The van der Waals surface area contributed by atoms with Gasteiger partial charge in [0, 0.05) is 28.6 Å². The van der Waals surface area contributed by atoms with Crippen molar-refractivity contribution in [2.75, 3.05) is 14.1 Å². The zero-order valence-electron chi connectivity index (χ0n) is 15.1. The van der Waals surface area contributed by atoms with Gasteiger partial charge in [-0.1, -0.05) is 24.3 Å². The van der Waals surface area contributed by atoms with Gasteiger partial charge in [-0.3, -0.25) is 4.98 Å². The highest BCUT2D eigenvalue weighted by atomic mass is 32.1. The number of hydrogen-bond acceptors (Lipinski definition) is 4. The lowest BCUT2D eigenvalue weighted by atomic mass is 9.95. The minimum atomic E-state index is -1.27. The summed E-state index contributed by atoms with van der Waals surface area (Å²) in [5, 5.41) is 13.5. The number of hydrogen-bond donors (Lipinski definition) is 1. The highest BCUT2D eigenvalue weighted by Crippen LogP contribution is 2.43. The van der Waals surface area contributed by atoms with Gasteiger partial charge in [-0.15, -0.1) is 11.3 Å². The van der Waals surface area contributed by atoms with Gasteiger partial charge >= 0.3 is 0 Å². The fraction of sp³-hybridized carbons (Fsp3) is 0.190. The number of aromatic hydroxyl groups is 1. The molecule has 0 aliphatic heterocycles. The lowest BCUT2D eigenvalue weighted by molar-refractivity contribution is 0.321. The molecule has 4 aromatic rings. The molecular weight excluding hydrogens is 366 g/mol. The van der Waals surface area contributed by atoms with Gasteiger partial charge in [0.1, 0.15) is 5.52 Å². The van der Waals surface area contributed by atoms with Crippen LogP contribution >= 0.6 is 11.3 Å². The quantitative estimate of drug-likeness (QED) is 0.491. The van der Waals surface area contributed by atoms with E-state index in [0.29, 0.717) is 10.9 Å². The summed E-state index contributed by atoms with van der Waals surface area (Å²) in [6.45, 7) is 2.08. The van der Waals surface area contributed by atoms with Crippen molar-refractivity contribution in [1.29, 1.82) is 0 Å². The molecule has 0 spiro atoms. The molecule has 0 aliphatic carbocycles. The lowest BCUT2D eigenvalue weighted by Gasteiger charge is -2.20. The van der Waals surface area contributed by atoms with E-state index in [1.807, 2.05) is 49.8 Å². The summed E-state index contributed by atoms with van der Waals surface area (Å²) in [5.74, 6) is -3.09. The summed E-state index contributed by atoms with van der Waals surface area (Å²) in [7, 11) is 3.98. The van der Waals surface area contributed by atoms with Gasteiger partial charge in [-0.05, 0) is 43.6 Å². The van der Waals surface area contributed by atoms with Crippen molar-refractivity contribution in [1.82, 2.24) is 9.88 Å². The number of halogens is 2. The van der Waals surface area contributed by atoms with E-state index in [1.165, 1.54) is 17.5 Å². The number of pyridine rings is 1. The highest BCUT2D eigenvalue weighted by molar-refractivity contribution is 7.17. The Hall–Kier alpha value is -2.57. The first-order valence-corrected chi connectivity index (χ1v) is 9.40. The van der Waals surface area contributed by atoms with Crippen LogP contribution in [0, 0.1) is 11.6 Å². The fourth-order valence-electron chi connectivity index (χ4n) is 3.31. The van der Waals surface area contributed by atoms with Crippen molar-refractivity contribution in [2.45, 2.75) is 13.0 Å². The van der Waals surface area contributed by atoms with Gasteiger partial charge in [-0.2, -0.15) is 4.39 Å². The van der Waals surface area contributed by atoms with Crippen LogP contribution in [0.5, 0.6) is 5.75 Å².